The molecule has 1 fully saturated rings. The van der Waals surface area contributed by atoms with Crippen LogP contribution in [0.2, 0.25) is 0 Å². The number of rotatable bonds is 3. The van der Waals surface area contributed by atoms with E-state index in [0.29, 0.717) is 5.95 Å². The third kappa shape index (κ3) is 2.04. The van der Waals surface area contributed by atoms with E-state index in [4.69, 9.17) is 0 Å². The number of nitrogens with one attached hydrogen (secondary N) is 2. The second kappa shape index (κ2) is 4.57. The van der Waals surface area contributed by atoms with Gasteiger partial charge < -0.3 is 5.32 Å². The normalized spacial score (nSPS) is 24.3. The molecule has 1 unspecified atom stereocenters. The highest BCUT2D eigenvalue weighted by atomic mass is 16.2. The largest absolute Gasteiger partial charge is 0.303 e. The molecule has 2 heterocycles. The van der Waals surface area contributed by atoms with E-state index in [-0.39, 0.29) is 5.91 Å². The van der Waals surface area contributed by atoms with Crippen LogP contribution in [0.4, 0.5) is 5.95 Å². The van der Waals surface area contributed by atoms with Gasteiger partial charge in [-0.05, 0) is 31.9 Å². The van der Waals surface area contributed by atoms with Gasteiger partial charge in [-0.15, -0.1) is 0 Å². The maximum Gasteiger partial charge on any atom is 0.247 e. The summed E-state index contributed by atoms with van der Waals surface area (Å²) in [5.74, 6) is 0.340. The Labute approximate surface area is 94.7 Å². The average molecular weight is 220 g/mol. The van der Waals surface area contributed by atoms with E-state index < -0.39 is 5.54 Å². The van der Waals surface area contributed by atoms with Crippen LogP contribution in [0.1, 0.15) is 26.2 Å². The van der Waals surface area contributed by atoms with Gasteiger partial charge in [0.1, 0.15) is 0 Å². The number of nitrogens with zero attached hydrogens (tertiary/aromatic N) is 2. The SMILES string of the molecule is CCC1(C(=O)Nc2ncccn2)CCCN1. The van der Waals surface area contributed by atoms with Crippen molar-refractivity contribution >= 4 is 11.9 Å². The third-order valence-corrected chi connectivity index (χ3v) is 3.07. The average Bonchev–Trinajstić information content (AvgIpc) is 2.80. The van der Waals surface area contributed by atoms with Crippen LogP contribution in [0.15, 0.2) is 18.5 Å². The maximum absolute atomic E-state index is 12.1. The van der Waals surface area contributed by atoms with Gasteiger partial charge in [0.25, 0.3) is 0 Å². The van der Waals surface area contributed by atoms with Gasteiger partial charge in [0.2, 0.25) is 11.9 Å². The van der Waals surface area contributed by atoms with Gasteiger partial charge in [-0.25, -0.2) is 9.97 Å². The fourth-order valence-corrected chi connectivity index (χ4v) is 2.05. The molecule has 1 aromatic heterocycles. The Morgan fingerprint density at radius 1 is 1.56 bits per heavy atom. The van der Waals surface area contributed by atoms with Crippen molar-refractivity contribution in [3.05, 3.63) is 18.5 Å². The Hall–Kier alpha value is -1.49. The van der Waals surface area contributed by atoms with Crippen LogP contribution >= 0.6 is 0 Å². The molecule has 86 valence electrons. The summed E-state index contributed by atoms with van der Waals surface area (Å²) in [6.45, 7) is 2.92. The number of carbonyl (C=O) groups excluding carboxylic acids is 1. The molecule has 1 aliphatic rings. The monoisotopic (exact) mass is 220 g/mol. The zero-order chi connectivity index (χ0) is 11.4. The molecule has 0 bridgehead atoms. The zero-order valence-corrected chi connectivity index (χ0v) is 9.36. The Morgan fingerprint density at radius 3 is 2.88 bits per heavy atom. The van der Waals surface area contributed by atoms with Gasteiger partial charge in [-0.2, -0.15) is 0 Å². The lowest BCUT2D eigenvalue weighted by atomic mass is 9.93. The predicted octanol–water partition coefficient (Wildman–Crippen LogP) is 0.947. The number of hydrogen-bond acceptors (Lipinski definition) is 4. The van der Waals surface area contributed by atoms with Crippen molar-refractivity contribution in [2.45, 2.75) is 31.7 Å². The minimum Gasteiger partial charge on any atom is -0.303 e. The van der Waals surface area contributed by atoms with Crippen LogP contribution in [0, 0.1) is 0 Å². The molecule has 0 saturated carbocycles. The predicted molar refractivity (Wildman–Crippen MR) is 60.9 cm³/mol. The van der Waals surface area contributed by atoms with Gasteiger partial charge in [-0.3, -0.25) is 10.1 Å². The van der Waals surface area contributed by atoms with Crippen LogP contribution in [-0.2, 0) is 4.79 Å². The molecule has 1 amide bonds. The molecule has 1 saturated heterocycles. The summed E-state index contributed by atoms with van der Waals surface area (Å²) in [5.41, 5.74) is -0.431. The zero-order valence-electron chi connectivity index (χ0n) is 9.36. The molecule has 16 heavy (non-hydrogen) atoms. The molecule has 0 spiro atoms. The van der Waals surface area contributed by atoms with Crippen LogP contribution in [-0.4, -0.2) is 28.0 Å². The Balaban J connectivity index is 2.07. The topological polar surface area (TPSA) is 66.9 Å². The van der Waals surface area contributed by atoms with E-state index in [1.165, 1.54) is 0 Å². The lowest BCUT2D eigenvalue weighted by molar-refractivity contribution is -0.122. The van der Waals surface area contributed by atoms with Crippen molar-refractivity contribution < 1.29 is 4.79 Å². The number of amides is 1. The third-order valence-electron chi connectivity index (χ3n) is 3.07. The van der Waals surface area contributed by atoms with Crippen molar-refractivity contribution in [3.63, 3.8) is 0 Å². The molecule has 1 aromatic rings. The first kappa shape index (κ1) is 11.0. The van der Waals surface area contributed by atoms with Crippen molar-refractivity contribution in [3.8, 4) is 0 Å². The molecular weight excluding hydrogens is 204 g/mol. The highest BCUT2D eigenvalue weighted by molar-refractivity contribution is 5.97. The van der Waals surface area contributed by atoms with Gasteiger partial charge in [-0.1, -0.05) is 6.92 Å². The minimum absolute atomic E-state index is 0.0290. The highest BCUT2D eigenvalue weighted by Crippen LogP contribution is 2.24. The molecule has 1 aliphatic heterocycles. The second-order valence-electron chi connectivity index (χ2n) is 3.99. The molecule has 0 aromatic carbocycles. The Kier molecular flexibility index (Phi) is 3.14. The molecule has 5 nitrogen and oxygen atoms in total. The summed E-state index contributed by atoms with van der Waals surface area (Å²) >= 11 is 0. The molecule has 2 rings (SSSR count). The fraction of sp³-hybridized carbons (Fsp3) is 0.545. The van der Waals surface area contributed by atoms with E-state index >= 15 is 0 Å². The molecule has 1 atom stereocenters. The summed E-state index contributed by atoms with van der Waals surface area (Å²) in [7, 11) is 0. The van der Waals surface area contributed by atoms with Gasteiger partial charge in [0.15, 0.2) is 0 Å². The summed E-state index contributed by atoms with van der Waals surface area (Å²) in [6.07, 6.45) is 5.93. The molecule has 0 radical (unpaired) electrons. The van der Waals surface area contributed by atoms with E-state index in [0.717, 1.165) is 25.8 Å². The number of anilines is 1. The van der Waals surface area contributed by atoms with Crippen LogP contribution in [0.5, 0.6) is 0 Å². The summed E-state index contributed by atoms with van der Waals surface area (Å²) in [4.78, 5) is 20.1. The van der Waals surface area contributed by atoms with Gasteiger partial charge in [0.05, 0.1) is 5.54 Å². The van der Waals surface area contributed by atoms with E-state index in [9.17, 15) is 4.79 Å². The first-order valence-electron chi connectivity index (χ1n) is 5.60. The number of hydrogen-bond donors (Lipinski definition) is 2. The van der Waals surface area contributed by atoms with E-state index in [2.05, 4.69) is 20.6 Å². The van der Waals surface area contributed by atoms with Crippen molar-refractivity contribution in [2.75, 3.05) is 11.9 Å². The molecule has 5 heteroatoms. The Morgan fingerprint density at radius 2 is 2.31 bits per heavy atom. The first-order valence-corrected chi connectivity index (χ1v) is 5.60. The smallest absolute Gasteiger partial charge is 0.247 e. The Bertz CT molecular complexity index is 360. The van der Waals surface area contributed by atoms with Gasteiger partial charge >= 0.3 is 0 Å². The van der Waals surface area contributed by atoms with Crippen molar-refractivity contribution in [2.24, 2.45) is 0 Å². The highest BCUT2D eigenvalue weighted by Gasteiger charge is 2.39. The van der Waals surface area contributed by atoms with Crippen LogP contribution in [0.25, 0.3) is 0 Å². The quantitative estimate of drug-likeness (QED) is 0.795. The van der Waals surface area contributed by atoms with Crippen LogP contribution in [0.3, 0.4) is 0 Å². The summed E-state index contributed by atoms with van der Waals surface area (Å²) < 4.78 is 0. The van der Waals surface area contributed by atoms with E-state index in [1.807, 2.05) is 6.92 Å². The number of carbonyl (C=O) groups is 1. The van der Waals surface area contributed by atoms with E-state index in [1.54, 1.807) is 18.5 Å². The summed E-state index contributed by atoms with van der Waals surface area (Å²) in [5, 5.41) is 6.02. The summed E-state index contributed by atoms with van der Waals surface area (Å²) in [6, 6.07) is 1.72. The minimum atomic E-state index is -0.431. The standard InChI is InChI=1S/C11H16N4O/c1-2-11(5-3-8-14-11)9(16)15-10-12-6-4-7-13-10/h4,6-7,14H,2-3,5,8H2,1H3,(H,12,13,15,16). The maximum atomic E-state index is 12.1. The molecular formula is C11H16N4O. The lowest BCUT2D eigenvalue weighted by Gasteiger charge is -2.25. The first-order chi connectivity index (χ1) is 7.77. The lowest BCUT2D eigenvalue weighted by Crippen LogP contribution is -2.50. The number of aromatic nitrogens is 2. The fourth-order valence-electron chi connectivity index (χ4n) is 2.05. The molecule has 0 aliphatic carbocycles. The molecule has 2 N–H and O–H groups in total. The van der Waals surface area contributed by atoms with Crippen molar-refractivity contribution in [1.29, 1.82) is 0 Å². The van der Waals surface area contributed by atoms with Crippen molar-refractivity contribution in [1.82, 2.24) is 15.3 Å². The van der Waals surface area contributed by atoms with Gasteiger partial charge in [0, 0.05) is 12.4 Å². The van der Waals surface area contributed by atoms with Crippen LogP contribution < -0.4 is 10.6 Å². The second-order valence-corrected chi connectivity index (χ2v) is 3.99.